The number of nitrogens with zero attached hydrogens (tertiary/aromatic N) is 3. The number of aryl methyl sites for hydroxylation is 1. The van der Waals surface area contributed by atoms with Crippen molar-refractivity contribution < 1.29 is 9.59 Å². The van der Waals surface area contributed by atoms with Gasteiger partial charge in [0.15, 0.2) is 5.16 Å². The summed E-state index contributed by atoms with van der Waals surface area (Å²) in [7, 11) is 0. The lowest BCUT2D eigenvalue weighted by Gasteiger charge is -2.20. The maximum absolute atomic E-state index is 11.7. The van der Waals surface area contributed by atoms with E-state index in [-0.39, 0.29) is 11.7 Å². The molecule has 0 radical (unpaired) electrons. The lowest BCUT2D eigenvalue weighted by Crippen LogP contribution is -2.48. The van der Waals surface area contributed by atoms with Crippen LogP contribution in [0.15, 0.2) is 5.16 Å². The molecule has 0 bridgehead atoms. The first-order valence-electron chi connectivity index (χ1n) is 6.57. The van der Waals surface area contributed by atoms with Gasteiger partial charge in [0.05, 0.1) is 5.75 Å². The second-order valence-corrected chi connectivity index (χ2v) is 6.45. The minimum Gasteiger partial charge on any atom is -0.333 e. The first-order valence-corrected chi connectivity index (χ1v) is 7.56. The lowest BCUT2D eigenvalue weighted by molar-refractivity contribution is -0.117. The topological polar surface area (TPSA) is 115 Å². The van der Waals surface area contributed by atoms with Crippen LogP contribution in [-0.4, -0.2) is 44.5 Å². The van der Waals surface area contributed by atoms with Gasteiger partial charge in [-0.05, 0) is 27.7 Å². The highest BCUT2D eigenvalue weighted by Gasteiger charge is 2.16. The summed E-state index contributed by atoms with van der Waals surface area (Å²) in [5.74, 6) is 0.441. The molecule has 0 atom stereocenters. The minimum absolute atomic E-state index is 0.0836. The predicted octanol–water partition coefficient (Wildman–Crippen LogP) is 0.262. The normalized spacial score (nSPS) is 11.3. The van der Waals surface area contributed by atoms with Gasteiger partial charge >= 0.3 is 6.03 Å². The fourth-order valence-electron chi connectivity index (χ4n) is 1.52. The highest BCUT2D eigenvalue weighted by Crippen LogP contribution is 2.16. The average Bonchev–Trinajstić information content (AvgIpc) is 2.66. The van der Waals surface area contributed by atoms with Gasteiger partial charge in [-0.25, -0.2) is 4.79 Å². The molecular weight excluding hydrogens is 292 g/mol. The third-order valence-electron chi connectivity index (χ3n) is 2.33. The molecule has 0 aliphatic rings. The predicted molar refractivity (Wildman–Crippen MR) is 81.0 cm³/mol. The summed E-state index contributed by atoms with van der Waals surface area (Å²) in [6, 6.07) is -0.507. The molecule has 0 unspecified atom stereocenters. The molecule has 9 heteroatoms. The number of hydrogen-bond donors (Lipinski definition) is 3. The van der Waals surface area contributed by atoms with Crippen molar-refractivity contribution in [3.05, 3.63) is 5.82 Å². The zero-order valence-corrected chi connectivity index (χ0v) is 13.6. The molecular formula is C12H22N6O2S. The Morgan fingerprint density at radius 3 is 2.57 bits per heavy atom. The van der Waals surface area contributed by atoms with Crippen LogP contribution in [0.2, 0.25) is 0 Å². The number of hydrogen-bond acceptors (Lipinski definition) is 6. The fraction of sp³-hybridized carbons (Fsp3) is 0.667. The van der Waals surface area contributed by atoms with E-state index in [4.69, 9.17) is 5.73 Å². The first kappa shape index (κ1) is 17.4. The summed E-state index contributed by atoms with van der Waals surface area (Å²) in [4.78, 5) is 23.3. The number of nitrogens with two attached hydrogens (primary N) is 1. The third-order valence-corrected chi connectivity index (χ3v) is 3.30. The summed E-state index contributed by atoms with van der Waals surface area (Å²) in [5, 5.41) is 13.5. The summed E-state index contributed by atoms with van der Waals surface area (Å²) in [6.07, 6.45) is 0. The summed E-state index contributed by atoms with van der Waals surface area (Å²) >= 11 is 1.22. The molecule has 21 heavy (non-hydrogen) atoms. The number of carbonyl (C=O) groups excluding carboxylic acids is 2. The fourth-order valence-corrected chi connectivity index (χ4v) is 2.33. The van der Waals surface area contributed by atoms with Gasteiger partial charge in [0.25, 0.3) is 0 Å². The van der Waals surface area contributed by atoms with Crippen LogP contribution in [0.1, 0.15) is 26.6 Å². The van der Waals surface area contributed by atoms with E-state index in [0.717, 1.165) is 5.82 Å². The second-order valence-electron chi connectivity index (χ2n) is 5.51. The number of thioether (sulfide) groups is 1. The van der Waals surface area contributed by atoms with Gasteiger partial charge in [-0.1, -0.05) is 11.8 Å². The Morgan fingerprint density at radius 1 is 1.33 bits per heavy atom. The second kappa shape index (κ2) is 7.41. The smallest absolute Gasteiger partial charge is 0.321 e. The van der Waals surface area contributed by atoms with Gasteiger partial charge in [-0.3, -0.25) is 10.1 Å². The first-order chi connectivity index (χ1) is 9.73. The van der Waals surface area contributed by atoms with E-state index in [1.165, 1.54) is 11.8 Å². The Labute approximate surface area is 128 Å². The Hall–Kier alpha value is -1.61. The molecule has 1 aromatic rings. The van der Waals surface area contributed by atoms with Gasteiger partial charge in [-0.15, -0.1) is 10.2 Å². The Bertz CT molecular complexity index is 508. The van der Waals surface area contributed by atoms with Crippen molar-refractivity contribution in [2.45, 2.75) is 44.9 Å². The number of aromatic nitrogens is 3. The number of amides is 3. The summed E-state index contributed by atoms with van der Waals surface area (Å²) in [5.41, 5.74) is 5.13. The van der Waals surface area contributed by atoms with E-state index in [9.17, 15) is 9.59 Å². The molecule has 0 aromatic carbocycles. The molecule has 1 rings (SSSR count). The van der Waals surface area contributed by atoms with E-state index in [0.29, 0.717) is 18.2 Å². The van der Waals surface area contributed by atoms with E-state index in [1.807, 2.05) is 32.3 Å². The van der Waals surface area contributed by atoms with E-state index >= 15 is 0 Å². The molecule has 0 saturated heterocycles. The average molecular weight is 314 g/mol. The Kier molecular flexibility index (Phi) is 6.16. The Balaban J connectivity index is 2.48. The molecule has 1 heterocycles. The maximum Gasteiger partial charge on any atom is 0.321 e. The Morgan fingerprint density at radius 2 is 2.00 bits per heavy atom. The van der Waals surface area contributed by atoms with Crippen LogP contribution in [0.3, 0.4) is 0 Å². The summed E-state index contributed by atoms with van der Waals surface area (Å²) < 4.78 is 1.84. The number of urea groups is 1. The molecule has 118 valence electrons. The largest absolute Gasteiger partial charge is 0.333 e. The minimum atomic E-state index is -0.507. The highest BCUT2D eigenvalue weighted by molar-refractivity contribution is 7.99. The molecule has 4 N–H and O–H groups in total. The van der Waals surface area contributed by atoms with Crippen molar-refractivity contribution in [1.29, 1.82) is 0 Å². The van der Waals surface area contributed by atoms with Crippen LogP contribution in [0, 0.1) is 6.92 Å². The van der Waals surface area contributed by atoms with E-state index in [1.54, 1.807) is 0 Å². The van der Waals surface area contributed by atoms with Crippen molar-refractivity contribution in [3.8, 4) is 0 Å². The quantitative estimate of drug-likeness (QED) is 0.672. The van der Waals surface area contributed by atoms with E-state index in [2.05, 4.69) is 20.8 Å². The molecule has 0 spiro atoms. The highest BCUT2D eigenvalue weighted by atomic mass is 32.2. The van der Waals surface area contributed by atoms with Crippen molar-refractivity contribution >= 4 is 23.7 Å². The molecule has 1 aromatic heterocycles. The SMILES string of the molecule is Cc1nnc(SCC(=O)NC(=O)NC(C)(C)C)n1CCN. The number of rotatable bonds is 5. The van der Waals surface area contributed by atoms with Crippen LogP contribution >= 0.6 is 11.8 Å². The van der Waals surface area contributed by atoms with E-state index < -0.39 is 11.6 Å². The lowest BCUT2D eigenvalue weighted by atomic mass is 10.1. The zero-order chi connectivity index (χ0) is 16.0. The molecule has 0 fully saturated rings. The van der Waals surface area contributed by atoms with Gasteiger partial charge < -0.3 is 15.6 Å². The van der Waals surface area contributed by atoms with Gasteiger partial charge in [0.2, 0.25) is 5.91 Å². The summed E-state index contributed by atoms with van der Waals surface area (Å²) in [6.45, 7) is 8.39. The van der Waals surface area contributed by atoms with Crippen molar-refractivity contribution in [1.82, 2.24) is 25.4 Å². The van der Waals surface area contributed by atoms with Crippen LogP contribution in [-0.2, 0) is 11.3 Å². The molecule has 0 aliphatic heterocycles. The van der Waals surface area contributed by atoms with Crippen LogP contribution in [0.25, 0.3) is 0 Å². The maximum atomic E-state index is 11.7. The third kappa shape index (κ3) is 6.13. The van der Waals surface area contributed by atoms with Crippen molar-refractivity contribution in [3.63, 3.8) is 0 Å². The molecule has 8 nitrogen and oxygen atoms in total. The molecule has 3 amide bonds. The van der Waals surface area contributed by atoms with Gasteiger partial charge in [0, 0.05) is 18.6 Å². The van der Waals surface area contributed by atoms with Gasteiger partial charge in [-0.2, -0.15) is 0 Å². The number of carbonyl (C=O) groups is 2. The zero-order valence-electron chi connectivity index (χ0n) is 12.8. The van der Waals surface area contributed by atoms with Crippen molar-refractivity contribution in [2.24, 2.45) is 5.73 Å². The van der Waals surface area contributed by atoms with Crippen LogP contribution < -0.4 is 16.4 Å². The van der Waals surface area contributed by atoms with Gasteiger partial charge in [0.1, 0.15) is 5.82 Å². The van der Waals surface area contributed by atoms with Crippen molar-refractivity contribution in [2.75, 3.05) is 12.3 Å². The monoisotopic (exact) mass is 314 g/mol. The number of nitrogens with one attached hydrogen (secondary N) is 2. The standard InChI is InChI=1S/C12H22N6O2S/c1-8-16-17-11(18(8)6-5-13)21-7-9(19)14-10(20)15-12(2,3)4/h5-7,13H2,1-4H3,(H2,14,15,19,20). The van der Waals surface area contributed by atoms with Crippen LogP contribution in [0.4, 0.5) is 4.79 Å². The molecule has 0 saturated carbocycles. The molecule has 0 aliphatic carbocycles. The van der Waals surface area contributed by atoms with Crippen LogP contribution in [0.5, 0.6) is 0 Å². The number of imide groups is 1.